The van der Waals surface area contributed by atoms with E-state index in [1.165, 1.54) is 12.1 Å². The maximum atomic E-state index is 10.6. The quantitative estimate of drug-likeness (QED) is 0.362. The third-order valence-corrected chi connectivity index (χ3v) is 3.16. The number of nitro benzene ring substituents is 1. The molecule has 2 aromatic carbocycles. The second-order valence-electron chi connectivity index (χ2n) is 4.03. The fourth-order valence-electron chi connectivity index (χ4n) is 1.71. The van der Waals surface area contributed by atoms with E-state index in [1.807, 2.05) is 24.3 Å². The van der Waals surface area contributed by atoms with Crippen LogP contribution in [-0.2, 0) is 0 Å². The second-order valence-corrected chi connectivity index (χ2v) is 4.94. The van der Waals surface area contributed by atoms with Crippen molar-refractivity contribution in [1.82, 2.24) is 0 Å². The van der Waals surface area contributed by atoms with Crippen molar-refractivity contribution in [2.24, 2.45) is 0 Å². The van der Waals surface area contributed by atoms with Crippen LogP contribution in [0.15, 0.2) is 53.0 Å². The summed E-state index contributed by atoms with van der Waals surface area (Å²) in [4.78, 5) is 10.1. The first kappa shape index (κ1) is 14.0. The Morgan fingerprint density at radius 2 is 1.95 bits per heavy atom. The highest BCUT2D eigenvalue weighted by Gasteiger charge is 2.06. The monoisotopic (exact) mass is 328 g/mol. The molecule has 5 heteroatoms. The zero-order valence-corrected chi connectivity index (χ0v) is 11.9. The molecule has 0 radical (unpaired) electrons. The maximum Gasteiger partial charge on any atom is 0.269 e. The zero-order chi connectivity index (χ0) is 14.5. The van der Waals surface area contributed by atoms with Crippen molar-refractivity contribution in [3.8, 4) is 6.07 Å². The molecule has 20 heavy (non-hydrogen) atoms. The molecular weight excluding hydrogens is 320 g/mol. The number of hydrogen-bond donors (Lipinski definition) is 0. The van der Waals surface area contributed by atoms with E-state index in [0.717, 1.165) is 10.0 Å². The van der Waals surface area contributed by atoms with Crippen LogP contribution < -0.4 is 0 Å². The normalized spacial score (nSPS) is 10.9. The molecule has 2 aromatic rings. The van der Waals surface area contributed by atoms with Gasteiger partial charge in [-0.25, -0.2) is 0 Å². The van der Waals surface area contributed by atoms with Crippen LogP contribution in [-0.4, -0.2) is 4.92 Å². The second kappa shape index (κ2) is 6.13. The van der Waals surface area contributed by atoms with Gasteiger partial charge >= 0.3 is 0 Å². The summed E-state index contributed by atoms with van der Waals surface area (Å²) in [7, 11) is 0. The van der Waals surface area contributed by atoms with Crippen LogP contribution in [0.2, 0.25) is 0 Å². The van der Waals surface area contributed by atoms with Crippen molar-refractivity contribution in [3.05, 3.63) is 74.2 Å². The number of allylic oxidation sites excluding steroid dienone is 1. The summed E-state index contributed by atoms with van der Waals surface area (Å²) in [6.45, 7) is 0. The predicted octanol–water partition coefficient (Wildman–Crippen LogP) is 4.42. The van der Waals surface area contributed by atoms with Gasteiger partial charge in [-0.3, -0.25) is 10.1 Å². The molecule has 98 valence electrons. The molecule has 0 N–H and O–H groups in total. The average Bonchev–Trinajstić information content (AvgIpc) is 2.45. The van der Waals surface area contributed by atoms with Gasteiger partial charge in [-0.2, -0.15) is 5.26 Å². The zero-order valence-electron chi connectivity index (χ0n) is 10.3. The van der Waals surface area contributed by atoms with E-state index in [2.05, 4.69) is 22.0 Å². The molecular formula is C15H9BrN2O2. The fraction of sp³-hybridized carbons (Fsp3) is 0. The largest absolute Gasteiger partial charge is 0.269 e. The molecule has 0 aromatic heterocycles. The first-order valence-corrected chi connectivity index (χ1v) is 6.51. The molecule has 2 rings (SSSR count). The Kier molecular flexibility index (Phi) is 4.28. The summed E-state index contributed by atoms with van der Waals surface area (Å²) in [5, 5.41) is 19.8. The highest BCUT2D eigenvalue weighted by molar-refractivity contribution is 9.10. The van der Waals surface area contributed by atoms with Gasteiger partial charge in [0.25, 0.3) is 5.69 Å². The van der Waals surface area contributed by atoms with Crippen molar-refractivity contribution in [3.63, 3.8) is 0 Å². The molecule has 0 fully saturated rings. The summed E-state index contributed by atoms with van der Waals surface area (Å²) in [6.07, 6.45) is 1.74. The molecule has 0 aliphatic carbocycles. The van der Waals surface area contributed by atoms with E-state index in [-0.39, 0.29) is 5.69 Å². The summed E-state index contributed by atoms with van der Waals surface area (Å²) < 4.78 is 0.923. The number of non-ortho nitro benzene ring substituents is 1. The van der Waals surface area contributed by atoms with Gasteiger partial charge in [0, 0.05) is 16.6 Å². The van der Waals surface area contributed by atoms with Crippen LogP contribution in [0.1, 0.15) is 11.1 Å². The van der Waals surface area contributed by atoms with Crippen LogP contribution in [0.5, 0.6) is 0 Å². The smallest absolute Gasteiger partial charge is 0.258 e. The van der Waals surface area contributed by atoms with Crippen LogP contribution in [0, 0.1) is 21.4 Å². The minimum absolute atomic E-state index is 0.00787. The number of nitrogens with zero attached hydrogens (tertiary/aromatic N) is 2. The van der Waals surface area contributed by atoms with Crippen molar-refractivity contribution < 1.29 is 4.92 Å². The lowest BCUT2D eigenvalue weighted by Gasteiger charge is -2.00. The molecule has 0 bridgehead atoms. The van der Waals surface area contributed by atoms with Gasteiger partial charge < -0.3 is 0 Å². The summed E-state index contributed by atoms with van der Waals surface area (Å²) in [6, 6.07) is 15.6. The standard InChI is InChI=1S/C15H9BrN2O2/c16-14-3-1-2-11(9-14)8-13(10-17)12-4-6-15(7-5-12)18(19)20/h1-9H/b13-8+. The van der Waals surface area contributed by atoms with Crippen molar-refractivity contribution >= 4 is 33.3 Å². The first-order chi connectivity index (χ1) is 9.60. The van der Waals surface area contributed by atoms with Crippen LogP contribution in [0.3, 0.4) is 0 Å². The predicted molar refractivity (Wildman–Crippen MR) is 80.7 cm³/mol. The first-order valence-electron chi connectivity index (χ1n) is 5.72. The van der Waals surface area contributed by atoms with Gasteiger partial charge in [-0.05, 0) is 41.5 Å². The van der Waals surface area contributed by atoms with Crippen molar-refractivity contribution in [2.45, 2.75) is 0 Å². The number of rotatable bonds is 3. The topological polar surface area (TPSA) is 66.9 Å². The van der Waals surface area contributed by atoms with E-state index in [0.29, 0.717) is 11.1 Å². The third-order valence-electron chi connectivity index (χ3n) is 2.67. The number of nitriles is 1. The van der Waals surface area contributed by atoms with Crippen LogP contribution >= 0.6 is 15.9 Å². The lowest BCUT2D eigenvalue weighted by Crippen LogP contribution is -1.88. The van der Waals surface area contributed by atoms with Gasteiger partial charge in [0.2, 0.25) is 0 Å². The molecule has 4 nitrogen and oxygen atoms in total. The van der Waals surface area contributed by atoms with E-state index in [9.17, 15) is 15.4 Å². The SMILES string of the molecule is N#C/C(=C\c1cccc(Br)c1)c1ccc([N+](=O)[O-])cc1. The Balaban J connectivity index is 2.37. The molecule has 0 saturated heterocycles. The Labute approximate surface area is 124 Å². The maximum absolute atomic E-state index is 10.6. The minimum Gasteiger partial charge on any atom is -0.258 e. The van der Waals surface area contributed by atoms with Gasteiger partial charge in [0.05, 0.1) is 16.6 Å². The lowest BCUT2D eigenvalue weighted by atomic mass is 10.0. The molecule has 0 amide bonds. The highest BCUT2D eigenvalue weighted by atomic mass is 79.9. The van der Waals surface area contributed by atoms with E-state index in [4.69, 9.17) is 0 Å². The number of halogens is 1. The summed E-state index contributed by atoms with van der Waals surface area (Å²) in [5.41, 5.74) is 2.00. The molecule has 0 unspecified atom stereocenters. The molecule has 0 atom stereocenters. The van der Waals surface area contributed by atoms with Crippen molar-refractivity contribution in [2.75, 3.05) is 0 Å². The lowest BCUT2D eigenvalue weighted by molar-refractivity contribution is -0.384. The van der Waals surface area contributed by atoms with E-state index >= 15 is 0 Å². The van der Waals surface area contributed by atoms with Crippen LogP contribution in [0.25, 0.3) is 11.6 Å². The van der Waals surface area contributed by atoms with Crippen LogP contribution in [0.4, 0.5) is 5.69 Å². The Hall–Kier alpha value is -2.45. The average molecular weight is 329 g/mol. The van der Waals surface area contributed by atoms with Gasteiger partial charge in [0.15, 0.2) is 0 Å². The summed E-state index contributed by atoms with van der Waals surface area (Å²) >= 11 is 3.37. The minimum atomic E-state index is -0.464. The number of nitro groups is 1. The molecule has 0 spiro atoms. The molecule has 0 heterocycles. The van der Waals surface area contributed by atoms with E-state index < -0.39 is 4.92 Å². The van der Waals surface area contributed by atoms with E-state index in [1.54, 1.807) is 18.2 Å². The third kappa shape index (κ3) is 3.31. The molecule has 0 aliphatic rings. The van der Waals surface area contributed by atoms with Gasteiger partial charge in [-0.1, -0.05) is 28.1 Å². The Bertz CT molecular complexity index is 715. The van der Waals surface area contributed by atoms with Crippen molar-refractivity contribution in [1.29, 1.82) is 5.26 Å². The molecule has 0 aliphatic heterocycles. The number of hydrogen-bond acceptors (Lipinski definition) is 3. The molecule has 0 saturated carbocycles. The van der Waals surface area contributed by atoms with Gasteiger partial charge in [-0.15, -0.1) is 0 Å². The Morgan fingerprint density at radius 3 is 2.50 bits per heavy atom. The fourth-order valence-corrected chi connectivity index (χ4v) is 2.12. The van der Waals surface area contributed by atoms with Gasteiger partial charge in [0.1, 0.15) is 0 Å². The Morgan fingerprint density at radius 1 is 1.25 bits per heavy atom. The number of benzene rings is 2. The summed E-state index contributed by atoms with van der Waals surface area (Å²) in [5.74, 6) is 0. The highest BCUT2D eigenvalue weighted by Crippen LogP contribution is 2.22.